The monoisotopic (exact) mass is 241 g/mol. The van der Waals surface area contributed by atoms with E-state index in [0.717, 1.165) is 17.4 Å². The number of rotatable bonds is 4. The number of pyridine rings is 1. The fraction of sp³-hybridized carbons (Fsp3) is 0.400. The predicted octanol–water partition coefficient (Wildman–Crippen LogP) is 2.76. The van der Waals surface area contributed by atoms with Crippen LogP contribution in [-0.4, -0.2) is 10.8 Å². The fourth-order valence-corrected chi connectivity index (χ4v) is 1.58. The first-order valence-corrected chi connectivity index (χ1v) is 5.08. The molecule has 0 radical (unpaired) electrons. The first kappa shape index (κ1) is 10.4. The summed E-state index contributed by atoms with van der Waals surface area (Å²) in [6, 6.07) is 3.94. The number of halogens is 1. The van der Waals surface area contributed by atoms with E-state index in [0.29, 0.717) is 6.42 Å². The van der Waals surface area contributed by atoms with Crippen LogP contribution in [-0.2, 0) is 11.2 Å². The molecule has 0 N–H and O–H groups in total. The molecule has 3 heteroatoms. The summed E-state index contributed by atoms with van der Waals surface area (Å²) in [5.74, 6) is 0.250. The number of nitrogens with zero attached hydrogens (tertiary/aromatic N) is 1. The van der Waals surface area contributed by atoms with Crippen LogP contribution in [0.1, 0.15) is 25.3 Å². The molecule has 0 saturated heterocycles. The Hall–Kier alpha value is -0.700. The molecule has 1 heterocycles. The van der Waals surface area contributed by atoms with Gasteiger partial charge in [0.05, 0.1) is 0 Å². The third kappa shape index (κ3) is 3.68. The van der Waals surface area contributed by atoms with Gasteiger partial charge < -0.3 is 4.79 Å². The van der Waals surface area contributed by atoms with E-state index < -0.39 is 0 Å². The fourth-order valence-electron chi connectivity index (χ4n) is 1.13. The number of carbonyl (C=O) groups excluding carboxylic acids is 1. The summed E-state index contributed by atoms with van der Waals surface area (Å²) in [5.41, 5.74) is 1.17. The lowest BCUT2D eigenvalue weighted by Crippen LogP contribution is -1.94. The van der Waals surface area contributed by atoms with Gasteiger partial charge in [0.15, 0.2) is 0 Å². The summed E-state index contributed by atoms with van der Waals surface area (Å²) in [6.07, 6.45) is 4.22. The van der Waals surface area contributed by atoms with E-state index in [9.17, 15) is 4.79 Å². The Morgan fingerprint density at radius 2 is 2.38 bits per heavy atom. The van der Waals surface area contributed by atoms with Gasteiger partial charge in [0.25, 0.3) is 0 Å². The minimum atomic E-state index is 0.250. The van der Waals surface area contributed by atoms with Gasteiger partial charge >= 0.3 is 0 Å². The summed E-state index contributed by atoms with van der Waals surface area (Å²) in [5, 5.41) is 0. The van der Waals surface area contributed by atoms with Crippen molar-refractivity contribution in [1.29, 1.82) is 0 Å². The average Bonchev–Trinajstić information content (AvgIpc) is 2.08. The molecule has 1 aromatic rings. The summed E-state index contributed by atoms with van der Waals surface area (Å²) >= 11 is 3.37. The molecule has 0 aliphatic rings. The molecule has 0 spiro atoms. The van der Waals surface area contributed by atoms with Crippen molar-refractivity contribution in [2.75, 3.05) is 0 Å². The van der Waals surface area contributed by atoms with E-state index >= 15 is 0 Å². The zero-order chi connectivity index (χ0) is 9.68. The van der Waals surface area contributed by atoms with Gasteiger partial charge in [-0.05, 0) is 47.3 Å². The Kier molecular flexibility index (Phi) is 4.09. The summed E-state index contributed by atoms with van der Waals surface area (Å²) in [6.45, 7) is 1.62. The van der Waals surface area contributed by atoms with Gasteiger partial charge in [-0.1, -0.05) is 6.07 Å². The first-order valence-electron chi connectivity index (χ1n) is 4.29. The molecular formula is C10H12BrNO. The molecule has 0 aliphatic heterocycles. The molecule has 0 saturated carbocycles. The highest BCUT2D eigenvalue weighted by molar-refractivity contribution is 9.10. The van der Waals surface area contributed by atoms with Crippen LogP contribution in [0.25, 0.3) is 0 Å². The van der Waals surface area contributed by atoms with Crippen molar-refractivity contribution in [2.24, 2.45) is 0 Å². The minimum absolute atomic E-state index is 0.250. The quantitative estimate of drug-likeness (QED) is 0.760. The molecule has 0 unspecified atom stereocenters. The van der Waals surface area contributed by atoms with Crippen molar-refractivity contribution in [3.8, 4) is 0 Å². The van der Waals surface area contributed by atoms with E-state index in [1.807, 2.05) is 12.1 Å². The molecule has 13 heavy (non-hydrogen) atoms. The highest BCUT2D eigenvalue weighted by atomic mass is 79.9. The van der Waals surface area contributed by atoms with Gasteiger partial charge in [-0.15, -0.1) is 0 Å². The number of hydrogen-bond donors (Lipinski definition) is 0. The zero-order valence-electron chi connectivity index (χ0n) is 7.59. The van der Waals surface area contributed by atoms with Gasteiger partial charge in [-0.25, -0.2) is 4.98 Å². The van der Waals surface area contributed by atoms with Crippen molar-refractivity contribution in [2.45, 2.75) is 26.2 Å². The Labute approximate surface area is 86.5 Å². The molecule has 70 valence electrons. The number of hydrogen-bond acceptors (Lipinski definition) is 2. The van der Waals surface area contributed by atoms with Crippen LogP contribution < -0.4 is 0 Å². The number of aryl methyl sites for hydroxylation is 1. The average molecular weight is 242 g/mol. The number of Topliss-reactive ketones (excluding diaryl/α,β-unsaturated/α-hetero) is 1. The zero-order valence-corrected chi connectivity index (χ0v) is 9.17. The molecule has 1 aromatic heterocycles. The standard InChI is InChI=1S/C10H12BrNO/c1-8(13)4-2-5-9-6-3-7-12-10(9)11/h3,6-7H,2,4-5H2,1H3. The summed E-state index contributed by atoms with van der Waals surface area (Å²) in [7, 11) is 0. The predicted molar refractivity (Wildman–Crippen MR) is 55.6 cm³/mol. The second kappa shape index (κ2) is 5.12. The topological polar surface area (TPSA) is 30.0 Å². The second-order valence-corrected chi connectivity index (χ2v) is 3.76. The molecule has 1 rings (SSSR count). The maximum atomic E-state index is 10.7. The lowest BCUT2D eigenvalue weighted by Gasteiger charge is -2.01. The third-order valence-electron chi connectivity index (χ3n) is 1.81. The molecule has 0 aromatic carbocycles. The first-order chi connectivity index (χ1) is 6.20. The van der Waals surface area contributed by atoms with Crippen molar-refractivity contribution in [1.82, 2.24) is 4.98 Å². The third-order valence-corrected chi connectivity index (χ3v) is 2.53. The van der Waals surface area contributed by atoms with Gasteiger partial charge in [-0.2, -0.15) is 0 Å². The Morgan fingerprint density at radius 3 is 3.00 bits per heavy atom. The molecular weight excluding hydrogens is 230 g/mol. The van der Waals surface area contributed by atoms with E-state index in [-0.39, 0.29) is 5.78 Å². The Bertz CT molecular complexity index is 299. The molecule has 0 amide bonds. The number of ketones is 1. The Balaban J connectivity index is 2.45. The van der Waals surface area contributed by atoms with Crippen molar-refractivity contribution in [3.05, 3.63) is 28.5 Å². The molecule has 0 bridgehead atoms. The summed E-state index contributed by atoms with van der Waals surface area (Å²) < 4.78 is 0.888. The van der Waals surface area contributed by atoms with Crippen LogP contribution in [0, 0.1) is 0 Å². The highest BCUT2D eigenvalue weighted by Gasteiger charge is 2.00. The van der Waals surface area contributed by atoms with Gasteiger partial charge in [0.2, 0.25) is 0 Å². The smallest absolute Gasteiger partial charge is 0.129 e. The van der Waals surface area contributed by atoms with Crippen LogP contribution in [0.15, 0.2) is 22.9 Å². The van der Waals surface area contributed by atoms with E-state index in [1.54, 1.807) is 13.1 Å². The van der Waals surface area contributed by atoms with E-state index in [4.69, 9.17) is 0 Å². The van der Waals surface area contributed by atoms with Crippen LogP contribution in [0.2, 0.25) is 0 Å². The molecule has 0 aliphatic carbocycles. The van der Waals surface area contributed by atoms with Crippen molar-refractivity contribution in [3.63, 3.8) is 0 Å². The number of carbonyl (C=O) groups is 1. The largest absolute Gasteiger partial charge is 0.300 e. The lowest BCUT2D eigenvalue weighted by atomic mass is 10.1. The van der Waals surface area contributed by atoms with Crippen molar-refractivity contribution >= 4 is 21.7 Å². The van der Waals surface area contributed by atoms with Gasteiger partial charge in [-0.3, -0.25) is 0 Å². The van der Waals surface area contributed by atoms with E-state index in [1.165, 1.54) is 5.56 Å². The van der Waals surface area contributed by atoms with E-state index in [2.05, 4.69) is 20.9 Å². The maximum absolute atomic E-state index is 10.7. The number of aromatic nitrogens is 1. The van der Waals surface area contributed by atoms with Crippen LogP contribution in [0.3, 0.4) is 0 Å². The maximum Gasteiger partial charge on any atom is 0.129 e. The van der Waals surface area contributed by atoms with Crippen LogP contribution in [0.4, 0.5) is 0 Å². The van der Waals surface area contributed by atoms with Gasteiger partial charge in [0, 0.05) is 12.6 Å². The lowest BCUT2D eigenvalue weighted by molar-refractivity contribution is -0.117. The molecule has 0 atom stereocenters. The van der Waals surface area contributed by atoms with Gasteiger partial charge in [0.1, 0.15) is 10.4 Å². The second-order valence-electron chi connectivity index (χ2n) is 3.01. The molecule has 0 fully saturated rings. The highest BCUT2D eigenvalue weighted by Crippen LogP contribution is 2.14. The van der Waals surface area contributed by atoms with Crippen molar-refractivity contribution < 1.29 is 4.79 Å². The Morgan fingerprint density at radius 1 is 1.62 bits per heavy atom. The molecule has 2 nitrogen and oxygen atoms in total. The minimum Gasteiger partial charge on any atom is -0.300 e. The normalized spacial score (nSPS) is 10.0. The SMILES string of the molecule is CC(=O)CCCc1cccnc1Br. The van der Waals surface area contributed by atoms with Crippen LogP contribution in [0.5, 0.6) is 0 Å². The van der Waals surface area contributed by atoms with Crippen LogP contribution >= 0.6 is 15.9 Å². The summed E-state index contributed by atoms with van der Waals surface area (Å²) in [4.78, 5) is 14.8.